The minimum atomic E-state index is -0.724. The van der Waals surface area contributed by atoms with Crippen LogP contribution in [-0.2, 0) is 4.74 Å². The number of allylic oxidation sites excluding steroid dienone is 1. The molecular formula is C5H5ClO2. The van der Waals surface area contributed by atoms with Crippen LogP contribution in [0.2, 0.25) is 0 Å². The van der Waals surface area contributed by atoms with E-state index in [1.807, 2.05) is 6.08 Å². The Morgan fingerprint density at radius 3 is 3.00 bits per heavy atom. The summed E-state index contributed by atoms with van der Waals surface area (Å²) in [6, 6.07) is 0. The first kappa shape index (κ1) is 5.63. The molecule has 0 spiro atoms. The molecule has 0 aromatic heterocycles. The smallest absolute Gasteiger partial charge is 0.404 e. The average Bonchev–Trinajstić information content (AvgIpc) is 2.41. The lowest BCUT2D eigenvalue weighted by atomic mass is 10.5. The van der Waals surface area contributed by atoms with Gasteiger partial charge in [-0.15, -0.1) is 0 Å². The third-order valence-corrected chi connectivity index (χ3v) is 0.973. The number of hydrogen-bond acceptors (Lipinski definition) is 2. The molecule has 0 fully saturated rings. The van der Waals surface area contributed by atoms with Gasteiger partial charge in [0.2, 0.25) is 0 Å². The predicted molar refractivity (Wildman–Crippen MR) is 29.9 cm³/mol. The molecular weight excluding hydrogens is 128 g/mol. The van der Waals surface area contributed by atoms with E-state index < -0.39 is 5.43 Å². The van der Waals surface area contributed by atoms with Gasteiger partial charge in [0, 0.05) is 11.6 Å². The Labute approximate surface area is 52.1 Å². The average molecular weight is 133 g/mol. The molecule has 0 unspecified atom stereocenters. The van der Waals surface area contributed by atoms with Gasteiger partial charge >= 0.3 is 5.43 Å². The summed E-state index contributed by atoms with van der Waals surface area (Å²) in [5, 5.41) is 0. The van der Waals surface area contributed by atoms with E-state index in [1.54, 1.807) is 0 Å². The standard InChI is InChI=1S/C5H5ClO2/c6-5(7)8-3-4-1-2-4/h1H,2-3H2. The normalized spacial score (nSPS) is 14.9. The van der Waals surface area contributed by atoms with Crippen molar-refractivity contribution in [1.82, 2.24) is 0 Å². The molecule has 0 aromatic carbocycles. The van der Waals surface area contributed by atoms with Crippen molar-refractivity contribution in [2.75, 3.05) is 6.61 Å². The second-order valence-electron chi connectivity index (χ2n) is 1.59. The summed E-state index contributed by atoms with van der Waals surface area (Å²) >= 11 is 4.86. The van der Waals surface area contributed by atoms with Crippen LogP contribution in [-0.4, -0.2) is 12.0 Å². The summed E-state index contributed by atoms with van der Waals surface area (Å²) < 4.78 is 4.42. The van der Waals surface area contributed by atoms with E-state index in [9.17, 15) is 4.79 Å². The molecule has 0 amide bonds. The number of ether oxygens (including phenoxy) is 1. The van der Waals surface area contributed by atoms with Crippen molar-refractivity contribution >= 4 is 17.0 Å². The van der Waals surface area contributed by atoms with E-state index in [2.05, 4.69) is 4.74 Å². The lowest BCUT2D eigenvalue weighted by Gasteiger charge is -1.91. The second-order valence-corrected chi connectivity index (χ2v) is 1.90. The molecule has 0 N–H and O–H groups in total. The van der Waals surface area contributed by atoms with Gasteiger partial charge in [0.1, 0.15) is 6.61 Å². The molecule has 3 heteroatoms. The SMILES string of the molecule is O=C(Cl)OCC1=CC1. The summed E-state index contributed by atoms with van der Waals surface area (Å²) in [5.74, 6) is 0. The van der Waals surface area contributed by atoms with Gasteiger partial charge in [0.15, 0.2) is 0 Å². The van der Waals surface area contributed by atoms with Gasteiger partial charge < -0.3 is 4.74 Å². The molecule has 0 saturated heterocycles. The van der Waals surface area contributed by atoms with Crippen molar-refractivity contribution < 1.29 is 9.53 Å². The Morgan fingerprint density at radius 2 is 2.62 bits per heavy atom. The molecule has 0 radical (unpaired) electrons. The minimum absolute atomic E-state index is 0.377. The summed E-state index contributed by atoms with van der Waals surface area (Å²) in [7, 11) is 0. The van der Waals surface area contributed by atoms with Crippen LogP contribution in [0, 0.1) is 0 Å². The summed E-state index contributed by atoms with van der Waals surface area (Å²) in [5.41, 5.74) is 0.428. The van der Waals surface area contributed by atoms with E-state index >= 15 is 0 Å². The Bertz CT molecular complexity index is 137. The van der Waals surface area contributed by atoms with E-state index in [0.717, 1.165) is 12.0 Å². The minimum Gasteiger partial charge on any atom is -0.449 e. The fourth-order valence-corrected chi connectivity index (χ4v) is 0.394. The molecule has 0 heterocycles. The number of halogens is 1. The number of carbonyl (C=O) groups is 1. The van der Waals surface area contributed by atoms with Gasteiger partial charge in [-0.25, -0.2) is 4.79 Å². The van der Waals surface area contributed by atoms with Gasteiger partial charge in [-0.2, -0.15) is 0 Å². The zero-order chi connectivity index (χ0) is 5.98. The third kappa shape index (κ3) is 1.98. The fourth-order valence-electron chi connectivity index (χ4n) is 0.339. The number of carbonyl (C=O) groups excluding carboxylic acids is 1. The molecule has 44 valence electrons. The van der Waals surface area contributed by atoms with Crippen LogP contribution in [0.5, 0.6) is 0 Å². The molecule has 0 atom stereocenters. The highest BCUT2D eigenvalue weighted by Gasteiger charge is 2.07. The maximum Gasteiger partial charge on any atom is 0.404 e. The van der Waals surface area contributed by atoms with Gasteiger partial charge in [-0.3, -0.25) is 0 Å². The largest absolute Gasteiger partial charge is 0.449 e. The Morgan fingerprint density at radius 1 is 2.00 bits per heavy atom. The van der Waals surface area contributed by atoms with Crippen LogP contribution >= 0.6 is 11.6 Å². The van der Waals surface area contributed by atoms with Crippen molar-refractivity contribution in [1.29, 1.82) is 0 Å². The molecule has 8 heavy (non-hydrogen) atoms. The van der Waals surface area contributed by atoms with E-state index in [-0.39, 0.29) is 0 Å². The highest BCUT2D eigenvalue weighted by Crippen LogP contribution is 2.17. The van der Waals surface area contributed by atoms with Crippen LogP contribution in [0.3, 0.4) is 0 Å². The third-order valence-electron chi connectivity index (χ3n) is 0.864. The van der Waals surface area contributed by atoms with Gasteiger partial charge in [-0.1, -0.05) is 6.08 Å². The molecule has 1 aliphatic rings. The molecule has 0 bridgehead atoms. The van der Waals surface area contributed by atoms with Crippen LogP contribution < -0.4 is 0 Å². The zero-order valence-electron chi connectivity index (χ0n) is 4.19. The topological polar surface area (TPSA) is 26.3 Å². The van der Waals surface area contributed by atoms with E-state index in [4.69, 9.17) is 11.6 Å². The van der Waals surface area contributed by atoms with Gasteiger partial charge in [0.05, 0.1) is 0 Å². The van der Waals surface area contributed by atoms with Crippen LogP contribution in [0.4, 0.5) is 4.79 Å². The lowest BCUT2D eigenvalue weighted by Crippen LogP contribution is -1.93. The first-order valence-electron chi connectivity index (χ1n) is 2.29. The van der Waals surface area contributed by atoms with Crippen molar-refractivity contribution in [3.05, 3.63) is 11.6 Å². The fraction of sp³-hybridized carbons (Fsp3) is 0.400. The second kappa shape index (κ2) is 2.18. The first-order chi connectivity index (χ1) is 3.79. The van der Waals surface area contributed by atoms with E-state index in [0.29, 0.717) is 6.61 Å². The van der Waals surface area contributed by atoms with E-state index in [1.165, 1.54) is 0 Å². The lowest BCUT2D eigenvalue weighted by molar-refractivity contribution is 0.184. The maximum absolute atomic E-state index is 9.89. The number of rotatable bonds is 2. The number of hydrogen-bond donors (Lipinski definition) is 0. The first-order valence-corrected chi connectivity index (χ1v) is 2.67. The summed E-state index contributed by atoms with van der Waals surface area (Å²) in [6.45, 7) is 0.377. The van der Waals surface area contributed by atoms with Crippen molar-refractivity contribution in [3.8, 4) is 0 Å². The van der Waals surface area contributed by atoms with Crippen LogP contribution in [0.1, 0.15) is 6.42 Å². The Hall–Kier alpha value is -0.500. The van der Waals surface area contributed by atoms with Crippen molar-refractivity contribution in [3.63, 3.8) is 0 Å². The highest BCUT2D eigenvalue weighted by atomic mass is 35.5. The molecule has 0 aromatic rings. The van der Waals surface area contributed by atoms with Crippen molar-refractivity contribution in [2.45, 2.75) is 6.42 Å². The molecule has 2 nitrogen and oxygen atoms in total. The quantitative estimate of drug-likeness (QED) is 0.422. The van der Waals surface area contributed by atoms with Crippen molar-refractivity contribution in [2.24, 2.45) is 0 Å². The zero-order valence-corrected chi connectivity index (χ0v) is 4.94. The monoisotopic (exact) mass is 132 g/mol. The molecule has 1 aliphatic carbocycles. The van der Waals surface area contributed by atoms with Gasteiger partial charge in [0.25, 0.3) is 0 Å². The summed E-state index contributed by atoms with van der Waals surface area (Å²) in [6.07, 6.45) is 2.96. The molecule has 1 rings (SSSR count). The molecule has 0 saturated carbocycles. The molecule has 0 aliphatic heterocycles. The summed E-state index contributed by atoms with van der Waals surface area (Å²) in [4.78, 5) is 9.89. The maximum atomic E-state index is 9.89. The van der Waals surface area contributed by atoms with Crippen LogP contribution in [0.25, 0.3) is 0 Å². The Balaban J connectivity index is 2.04. The predicted octanol–water partition coefficient (Wildman–Crippen LogP) is 1.69. The Kier molecular flexibility index (Phi) is 1.53. The highest BCUT2D eigenvalue weighted by molar-refractivity contribution is 6.61. The van der Waals surface area contributed by atoms with Crippen LogP contribution in [0.15, 0.2) is 11.6 Å². The van der Waals surface area contributed by atoms with Gasteiger partial charge in [-0.05, 0) is 12.0 Å².